The fraction of sp³-hybridized carbons (Fsp3) is 0.133. The first-order chi connectivity index (χ1) is 19.3. The highest BCUT2D eigenvalue weighted by atomic mass is 19.3. The van der Waals surface area contributed by atoms with Gasteiger partial charge in [0, 0.05) is 28.8 Å². The van der Waals surface area contributed by atoms with E-state index in [0.717, 1.165) is 25.1 Å². The Bertz CT molecular complexity index is 1580. The van der Waals surface area contributed by atoms with Crippen molar-refractivity contribution in [3.05, 3.63) is 119 Å². The monoisotopic (exact) mass is 584 g/mol. The van der Waals surface area contributed by atoms with Gasteiger partial charge in [-0.25, -0.2) is 35.1 Å². The molecule has 0 aromatic heterocycles. The first-order valence-corrected chi connectivity index (χ1v) is 11.9. The molecule has 1 nitrogen and oxygen atoms in total. The highest BCUT2D eigenvalue weighted by Gasteiger charge is 2.33. The summed E-state index contributed by atoms with van der Waals surface area (Å²) < 4.78 is 143. The summed E-state index contributed by atoms with van der Waals surface area (Å²) >= 11 is 0. The lowest BCUT2D eigenvalue weighted by atomic mass is 9.97. The molecule has 0 aliphatic carbocycles. The second kappa shape index (κ2) is 11.7. The maximum absolute atomic E-state index is 14.9. The highest BCUT2D eigenvalue weighted by Crippen LogP contribution is 2.33. The van der Waals surface area contributed by atoms with Gasteiger partial charge in [-0.3, -0.25) is 0 Å². The summed E-state index contributed by atoms with van der Waals surface area (Å²) in [6, 6.07) is 11.1. The molecule has 0 heterocycles. The molecule has 214 valence electrons. The third kappa shape index (κ3) is 6.72. The molecule has 4 rings (SSSR count). The van der Waals surface area contributed by atoms with Gasteiger partial charge in [0.05, 0.1) is 6.42 Å². The largest absolute Gasteiger partial charge is 0.432 e. The van der Waals surface area contributed by atoms with Crippen molar-refractivity contribution >= 4 is 5.83 Å². The lowest BCUT2D eigenvalue weighted by Crippen LogP contribution is -2.26. The van der Waals surface area contributed by atoms with Crippen LogP contribution < -0.4 is 4.74 Å². The van der Waals surface area contributed by atoms with Gasteiger partial charge in [0.1, 0.15) is 29.0 Å². The maximum atomic E-state index is 14.9. The number of ether oxygens (including phenoxy) is 1. The maximum Gasteiger partial charge on any atom is 0.398 e. The fourth-order valence-electron chi connectivity index (χ4n) is 4.02. The van der Waals surface area contributed by atoms with Gasteiger partial charge < -0.3 is 4.74 Å². The van der Waals surface area contributed by atoms with E-state index < -0.39 is 76.8 Å². The van der Waals surface area contributed by atoms with Crippen molar-refractivity contribution in [1.29, 1.82) is 0 Å². The fourth-order valence-corrected chi connectivity index (χ4v) is 4.02. The van der Waals surface area contributed by atoms with Crippen molar-refractivity contribution < 1.29 is 48.6 Å². The van der Waals surface area contributed by atoms with Crippen LogP contribution in [0.15, 0.2) is 72.6 Å². The molecule has 0 amide bonds. The van der Waals surface area contributed by atoms with E-state index in [9.17, 15) is 43.9 Å². The van der Waals surface area contributed by atoms with Gasteiger partial charge >= 0.3 is 6.11 Å². The van der Waals surface area contributed by atoms with Crippen LogP contribution in [0.4, 0.5) is 43.9 Å². The van der Waals surface area contributed by atoms with Crippen LogP contribution in [0.5, 0.6) is 5.75 Å². The number of hydrogen-bond acceptors (Lipinski definition) is 1. The molecule has 0 N–H and O–H groups in total. The average Bonchev–Trinajstić information content (AvgIpc) is 2.90. The third-order valence-electron chi connectivity index (χ3n) is 6.09. The summed E-state index contributed by atoms with van der Waals surface area (Å²) in [5.41, 5.74) is -0.431. The summed E-state index contributed by atoms with van der Waals surface area (Å²) in [5, 5.41) is 0. The van der Waals surface area contributed by atoms with Crippen LogP contribution >= 0.6 is 0 Å². The zero-order valence-corrected chi connectivity index (χ0v) is 21.0. The number of rotatable bonds is 8. The van der Waals surface area contributed by atoms with E-state index in [2.05, 4.69) is 4.74 Å². The van der Waals surface area contributed by atoms with Crippen molar-refractivity contribution in [2.45, 2.75) is 25.9 Å². The molecule has 0 saturated carbocycles. The number of allylic oxidation sites excluding steroid dienone is 1. The van der Waals surface area contributed by atoms with Gasteiger partial charge in [0.2, 0.25) is 0 Å². The Balaban J connectivity index is 1.51. The highest BCUT2D eigenvalue weighted by molar-refractivity contribution is 5.73. The van der Waals surface area contributed by atoms with E-state index in [1.54, 1.807) is 0 Å². The van der Waals surface area contributed by atoms with E-state index in [-0.39, 0.29) is 28.8 Å². The minimum absolute atomic E-state index is 0.0144. The molecule has 0 spiro atoms. The van der Waals surface area contributed by atoms with E-state index in [0.29, 0.717) is 11.1 Å². The van der Waals surface area contributed by atoms with Gasteiger partial charge in [0.25, 0.3) is 0 Å². The van der Waals surface area contributed by atoms with Crippen molar-refractivity contribution in [2.75, 3.05) is 0 Å². The first-order valence-electron chi connectivity index (χ1n) is 11.9. The Hall–Kier alpha value is -4.28. The van der Waals surface area contributed by atoms with E-state index in [4.69, 9.17) is 0 Å². The van der Waals surface area contributed by atoms with Crippen molar-refractivity contribution in [3.8, 4) is 28.0 Å². The standard InChI is InChI=1S/C30H18F10O/c1-15(31)28(37)17-4-2-16(3-5-17)18-6-7-21(23(32)10-18)19-11-24(33)22(25(34)12-19)8-9-30(39,40)41-20-13-26(35)29(38)27(36)14-20/h2-7,10-14H,8-9H2,1H3/b28-15+. The number of halogens is 10. The number of benzene rings is 4. The van der Waals surface area contributed by atoms with Crippen LogP contribution in [-0.4, -0.2) is 6.11 Å². The third-order valence-corrected chi connectivity index (χ3v) is 6.09. The molecule has 0 aliphatic heterocycles. The summed E-state index contributed by atoms with van der Waals surface area (Å²) in [7, 11) is 0. The molecule has 0 bridgehead atoms. The minimum atomic E-state index is -4.14. The van der Waals surface area contributed by atoms with Gasteiger partial charge in [-0.05, 0) is 48.2 Å². The molecule has 11 heteroatoms. The molecule has 41 heavy (non-hydrogen) atoms. The van der Waals surface area contributed by atoms with E-state index in [1.165, 1.54) is 36.4 Å². The lowest BCUT2D eigenvalue weighted by Gasteiger charge is -2.19. The zero-order chi connectivity index (χ0) is 30.1. The molecule has 4 aromatic rings. The number of hydrogen-bond donors (Lipinski definition) is 0. The molecule has 4 aromatic carbocycles. The van der Waals surface area contributed by atoms with Crippen molar-refractivity contribution in [1.82, 2.24) is 0 Å². The van der Waals surface area contributed by atoms with Crippen LogP contribution in [0.3, 0.4) is 0 Å². The second-order valence-electron chi connectivity index (χ2n) is 8.98. The van der Waals surface area contributed by atoms with Gasteiger partial charge in [0.15, 0.2) is 23.3 Å². The predicted octanol–water partition coefficient (Wildman–Crippen LogP) is 10.1. The Kier molecular flexibility index (Phi) is 8.46. The zero-order valence-electron chi connectivity index (χ0n) is 21.0. The summed E-state index contributed by atoms with van der Waals surface area (Å²) in [5.74, 6) is -11.9. The normalized spacial score (nSPS) is 12.4. The Morgan fingerprint density at radius 1 is 0.659 bits per heavy atom. The summed E-state index contributed by atoms with van der Waals surface area (Å²) in [6.45, 7) is 0.960. The molecule has 0 atom stereocenters. The molecular formula is C30H18F10O. The van der Waals surface area contributed by atoms with Gasteiger partial charge in [-0.1, -0.05) is 36.4 Å². The predicted molar refractivity (Wildman–Crippen MR) is 132 cm³/mol. The average molecular weight is 584 g/mol. The van der Waals surface area contributed by atoms with E-state index in [1.807, 2.05) is 0 Å². The van der Waals surface area contributed by atoms with Gasteiger partial charge in [-0.15, -0.1) is 0 Å². The summed E-state index contributed by atoms with van der Waals surface area (Å²) in [4.78, 5) is 0. The van der Waals surface area contributed by atoms with E-state index >= 15 is 0 Å². The van der Waals surface area contributed by atoms with Crippen molar-refractivity contribution in [3.63, 3.8) is 0 Å². The number of alkyl halides is 2. The molecule has 0 aliphatic rings. The molecule has 0 radical (unpaired) electrons. The quantitative estimate of drug-likeness (QED) is 0.148. The topological polar surface area (TPSA) is 9.23 Å². The molecular weight excluding hydrogens is 566 g/mol. The van der Waals surface area contributed by atoms with Crippen LogP contribution in [0.1, 0.15) is 24.5 Å². The first kappa shape index (κ1) is 29.7. The van der Waals surface area contributed by atoms with Crippen LogP contribution in [0.2, 0.25) is 0 Å². The van der Waals surface area contributed by atoms with Crippen LogP contribution in [0.25, 0.3) is 28.1 Å². The van der Waals surface area contributed by atoms with Crippen molar-refractivity contribution in [2.24, 2.45) is 0 Å². The Morgan fingerprint density at radius 3 is 1.73 bits per heavy atom. The van der Waals surface area contributed by atoms with Gasteiger partial charge in [-0.2, -0.15) is 8.78 Å². The van der Waals surface area contributed by atoms with Crippen LogP contribution in [0, 0.1) is 34.9 Å². The molecule has 0 saturated heterocycles. The van der Waals surface area contributed by atoms with Crippen LogP contribution in [-0.2, 0) is 6.42 Å². The molecule has 0 unspecified atom stereocenters. The smallest absolute Gasteiger partial charge is 0.398 e. The summed E-state index contributed by atoms with van der Waals surface area (Å²) in [6.07, 6.45) is -6.36. The minimum Gasteiger partial charge on any atom is -0.432 e. The SMILES string of the molecule is C/C(F)=C(\F)c1ccc(-c2ccc(-c3cc(F)c(CCC(F)(F)Oc4cc(F)c(F)c(F)c4)c(F)c3)c(F)c2)cc1. The Labute approximate surface area is 227 Å². The second-order valence-corrected chi connectivity index (χ2v) is 8.98. The Morgan fingerprint density at radius 2 is 1.20 bits per heavy atom. The molecule has 0 fully saturated rings. The lowest BCUT2D eigenvalue weighted by molar-refractivity contribution is -0.180.